The van der Waals surface area contributed by atoms with Crippen LogP contribution in [0, 0.1) is 19.7 Å². The molecule has 8 nitrogen and oxygen atoms in total. The number of fused-ring (bicyclic) bond motifs is 1. The van der Waals surface area contributed by atoms with Gasteiger partial charge in [-0.15, -0.1) is 0 Å². The highest BCUT2D eigenvalue weighted by molar-refractivity contribution is 6.34. The van der Waals surface area contributed by atoms with Crippen LogP contribution in [0.1, 0.15) is 46.7 Å². The molecule has 0 bridgehead atoms. The minimum atomic E-state index is -0.712. The van der Waals surface area contributed by atoms with Gasteiger partial charge in [-0.25, -0.2) is 4.39 Å². The van der Waals surface area contributed by atoms with E-state index in [-0.39, 0.29) is 30.6 Å². The number of aromatic nitrogens is 1. The number of aromatic amines is 1. The van der Waals surface area contributed by atoms with Crippen molar-refractivity contribution in [1.82, 2.24) is 15.2 Å². The van der Waals surface area contributed by atoms with E-state index in [0.29, 0.717) is 45.9 Å². The Kier molecular flexibility index (Phi) is 6.88. The number of aliphatic hydroxyl groups is 1. The van der Waals surface area contributed by atoms with Gasteiger partial charge in [-0.05, 0) is 57.5 Å². The lowest BCUT2D eigenvalue weighted by atomic mass is 10.0. The second-order valence-corrected chi connectivity index (χ2v) is 9.21. The fourth-order valence-electron chi connectivity index (χ4n) is 4.80. The summed E-state index contributed by atoms with van der Waals surface area (Å²) in [5.41, 5.74) is 3.74. The summed E-state index contributed by atoms with van der Waals surface area (Å²) in [7, 11) is 0. The molecule has 1 saturated heterocycles. The number of carbonyl (C=O) groups excluding carboxylic acids is 2. The molecule has 3 heterocycles. The molecule has 4 N–H and O–H groups in total. The maximum Gasteiger partial charge on any atom is 0.256 e. The highest BCUT2D eigenvalue weighted by atomic mass is 19.1. The Morgan fingerprint density at radius 2 is 2.03 bits per heavy atom. The lowest BCUT2D eigenvalue weighted by Gasteiger charge is -2.36. The smallest absolute Gasteiger partial charge is 0.256 e. The van der Waals surface area contributed by atoms with E-state index in [1.54, 1.807) is 19.9 Å². The van der Waals surface area contributed by atoms with Gasteiger partial charge in [0.1, 0.15) is 5.82 Å². The molecule has 0 saturated carbocycles. The van der Waals surface area contributed by atoms with Gasteiger partial charge in [0.25, 0.3) is 11.8 Å². The summed E-state index contributed by atoms with van der Waals surface area (Å²) < 4.78 is 19.5. The standard InChI is InChI=1S/C25H31FN4O4/c1-13-10-30(11-14(2)34-13)12-18(31)9-27-25(33)23-15(3)22(28-16(23)4)8-20-19-7-17(26)5-6-21(19)29-24(20)32/h5-8,13-14,18,28,31H,9-12H2,1-4H3,(H,27,33)(H,29,32)/b20-8-/t13-,14+,18?. The van der Waals surface area contributed by atoms with Crippen molar-refractivity contribution in [3.05, 3.63) is 52.1 Å². The summed E-state index contributed by atoms with van der Waals surface area (Å²) in [6, 6.07) is 4.14. The number of aliphatic hydroxyl groups excluding tert-OH is 1. The second-order valence-electron chi connectivity index (χ2n) is 9.21. The topological polar surface area (TPSA) is 107 Å². The van der Waals surface area contributed by atoms with Crippen LogP contribution in [0.2, 0.25) is 0 Å². The number of β-amino-alcohol motifs (C(OH)–C–C–N with tert-alkyl or cyclic N) is 1. The van der Waals surface area contributed by atoms with Crippen LogP contribution in [-0.4, -0.2) is 71.3 Å². The number of hydrogen-bond donors (Lipinski definition) is 4. The van der Waals surface area contributed by atoms with Gasteiger partial charge in [-0.2, -0.15) is 0 Å². The minimum absolute atomic E-state index is 0.105. The van der Waals surface area contributed by atoms with Gasteiger partial charge in [0.2, 0.25) is 0 Å². The molecule has 9 heteroatoms. The number of carbonyl (C=O) groups is 2. The summed E-state index contributed by atoms with van der Waals surface area (Å²) in [6.45, 7) is 9.63. The molecule has 0 aliphatic carbocycles. The Labute approximate surface area is 198 Å². The highest BCUT2D eigenvalue weighted by Crippen LogP contribution is 2.34. The third kappa shape index (κ3) is 5.06. The molecule has 0 spiro atoms. The quantitative estimate of drug-likeness (QED) is 0.486. The summed E-state index contributed by atoms with van der Waals surface area (Å²) in [5.74, 6) is -1.06. The van der Waals surface area contributed by atoms with Crippen LogP contribution in [0.5, 0.6) is 0 Å². The Balaban J connectivity index is 1.44. The van der Waals surface area contributed by atoms with E-state index in [4.69, 9.17) is 4.74 Å². The monoisotopic (exact) mass is 470 g/mol. The van der Waals surface area contributed by atoms with Gasteiger partial charge < -0.3 is 25.5 Å². The van der Waals surface area contributed by atoms with Crippen LogP contribution in [0.4, 0.5) is 10.1 Å². The van der Waals surface area contributed by atoms with Gasteiger partial charge in [0, 0.05) is 48.8 Å². The zero-order valence-electron chi connectivity index (χ0n) is 19.9. The Morgan fingerprint density at radius 1 is 1.32 bits per heavy atom. The number of benzene rings is 1. The number of rotatable bonds is 6. The van der Waals surface area contributed by atoms with Crippen molar-refractivity contribution in [2.45, 2.75) is 46.0 Å². The average molecular weight is 471 g/mol. The van der Waals surface area contributed by atoms with Crippen molar-refractivity contribution in [2.24, 2.45) is 0 Å². The number of ether oxygens (including phenoxy) is 1. The van der Waals surface area contributed by atoms with Gasteiger partial charge in [0.15, 0.2) is 0 Å². The summed E-state index contributed by atoms with van der Waals surface area (Å²) >= 11 is 0. The summed E-state index contributed by atoms with van der Waals surface area (Å²) in [5, 5.41) is 16.0. The average Bonchev–Trinajstić information content (AvgIpc) is 3.20. The molecule has 1 unspecified atom stereocenters. The van der Waals surface area contributed by atoms with E-state index >= 15 is 0 Å². The first kappa shape index (κ1) is 24.1. The fourth-order valence-corrected chi connectivity index (χ4v) is 4.80. The zero-order valence-corrected chi connectivity index (χ0v) is 19.9. The van der Waals surface area contributed by atoms with Crippen molar-refractivity contribution >= 4 is 29.2 Å². The van der Waals surface area contributed by atoms with Crippen molar-refractivity contribution in [2.75, 3.05) is 31.5 Å². The van der Waals surface area contributed by atoms with Crippen LogP contribution in [0.3, 0.4) is 0 Å². The Hall–Kier alpha value is -3.01. The largest absolute Gasteiger partial charge is 0.390 e. The lowest BCUT2D eigenvalue weighted by molar-refractivity contribution is -0.110. The van der Waals surface area contributed by atoms with E-state index in [1.807, 2.05) is 13.8 Å². The normalized spacial score (nSPS) is 22.5. The first-order chi connectivity index (χ1) is 16.1. The number of H-pyrrole nitrogens is 1. The molecule has 0 radical (unpaired) electrons. The first-order valence-electron chi connectivity index (χ1n) is 11.5. The molecule has 1 fully saturated rings. The maximum absolute atomic E-state index is 13.7. The van der Waals surface area contributed by atoms with Crippen molar-refractivity contribution in [1.29, 1.82) is 0 Å². The Bertz CT molecular complexity index is 1130. The van der Waals surface area contributed by atoms with Crippen LogP contribution >= 0.6 is 0 Å². The van der Waals surface area contributed by atoms with E-state index in [9.17, 15) is 19.1 Å². The molecule has 34 heavy (non-hydrogen) atoms. The van der Waals surface area contributed by atoms with Gasteiger partial charge in [0.05, 0.1) is 29.4 Å². The molecule has 2 amide bonds. The molecule has 3 atom stereocenters. The molecule has 1 aromatic heterocycles. The molecule has 1 aromatic carbocycles. The van der Waals surface area contributed by atoms with E-state index in [1.165, 1.54) is 18.2 Å². The van der Waals surface area contributed by atoms with Crippen molar-refractivity contribution in [3.63, 3.8) is 0 Å². The van der Waals surface area contributed by atoms with E-state index in [2.05, 4.69) is 20.5 Å². The SMILES string of the molecule is Cc1[nH]c(/C=C2\C(=O)Nc3ccc(F)cc32)c(C)c1C(=O)NCC(O)CN1C[C@@H](C)O[C@@H](C)C1. The third-order valence-electron chi connectivity index (χ3n) is 6.22. The Morgan fingerprint density at radius 3 is 2.74 bits per heavy atom. The van der Waals surface area contributed by atoms with Gasteiger partial charge in [-0.1, -0.05) is 0 Å². The number of nitrogens with one attached hydrogen (secondary N) is 3. The third-order valence-corrected chi connectivity index (χ3v) is 6.22. The number of halogens is 1. The molecule has 182 valence electrons. The fraction of sp³-hybridized carbons (Fsp3) is 0.440. The van der Waals surface area contributed by atoms with Crippen LogP contribution in [0.25, 0.3) is 11.6 Å². The van der Waals surface area contributed by atoms with Gasteiger partial charge >= 0.3 is 0 Å². The number of morpholine rings is 1. The molecule has 2 aliphatic rings. The van der Waals surface area contributed by atoms with E-state index < -0.39 is 11.9 Å². The summed E-state index contributed by atoms with van der Waals surface area (Å²) in [6.07, 6.45) is 1.13. The molecule has 2 aromatic rings. The number of nitrogens with zero attached hydrogens (tertiary/aromatic N) is 1. The predicted octanol–water partition coefficient (Wildman–Crippen LogP) is 2.46. The van der Waals surface area contributed by atoms with E-state index in [0.717, 1.165) is 13.1 Å². The van der Waals surface area contributed by atoms with Crippen LogP contribution in [-0.2, 0) is 9.53 Å². The number of hydrogen-bond acceptors (Lipinski definition) is 5. The highest BCUT2D eigenvalue weighted by Gasteiger charge is 2.27. The minimum Gasteiger partial charge on any atom is -0.390 e. The molecular formula is C25H31FN4O4. The predicted molar refractivity (Wildman–Crippen MR) is 128 cm³/mol. The zero-order chi connectivity index (χ0) is 24.6. The number of amides is 2. The second kappa shape index (κ2) is 9.69. The van der Waals surface area contributed by atoms with Crippen LogP contribution in [0.15, 0.2) is 18.2 Å². The maximum atomic E-state index is 13.7. The molecular weight excluding hydrogens is 439 g/mol. The van der Waals surface area contributed by atoms with Gasteiger partial charge in [-0.3, -0.25) is 14.5 Å². The number of anilines is 1. The molecule has 4 rings (SSSR count). The van der Waals surface area contributed by atoms with Crippen LogP contribution < -0.4 is 10.6 Å². The first-order valence-corrected chi connectivity index (χ1v) is 11.5. The summed E-state index contributed by atoms with van der Waals surface area (Å²) in [4.78, 5) is 30.6. The number of aryl methyl sites for hydroxylation is 1. The van der Waals surface area contributed by atoms with Crippen molar-refractivity contribution in [3.8, 4) is 0 Å². The lowest BCUT2D eigenvalue weighted by Crippen LogP contribution is -2.49. The van der Waals surface area contributed by atoms with Crippen molar-refractivity contribution < 1.29 is 23.8 Å². The molecule has 2 aliphatic heterocycles.